The molecule has 5 nitrogen and oxygen atoms in total. The van der Waals surface area contributed by atoms with Crippen molar-refractivity contribution in [2.45, 2.75) is 0 Å². The fraction of sp³-hybridized carbons (Fsp3) is 0.286. The normalized spacial score (nSPS) is 15.6. The van der Waals surface area contributed by atoms with Crippen LogP contribution in [-0.4, -0.2) is 37.0 Å². The lowest BCUT2D eigenvalue weighted by atomic mass is 10.2. The monoisotopic (exact) mass is 334 g/mol. The van der Waals surface area contributed by atoms with E-state index in [0.29, 0.717) is 13.1 Å². The van der Waals surface area contributed by atoms with Crippen LogP contribution in [0, 0.1) is 11.3 Å². The predicted octanol–water partition coefficient (Wildman–Crippen LogP) is 1.70. The minimum atomic E-state index is -0.224. The molecule has 1 aromatic carbocycles. The molecule has 1 aromatic rings. The van der Waals surface area contributed by atoms with Gasteiger partial charge in [-0.05, 0) is 24.3 Å². The Labute approximate surface area is 126 Å². The maximum atomic E-state index is 12.2. The number of piperazine rings is 1. The van der Waals surface area contributed by atoms with Gasteiger partial charge in [0.1, 0.15) is 11.6 Å². The van der Waals surface area contributed by atoms with Gasteiger partial charge in [-0.3, -0.25) is 4.79 Å². The Morgan fingerprint density at radius 2 is 2.00 bits per heavy atom. The Morgan fingerprint density at radius 3 is 2.60 bits per heavy atom. The number of nitrogens with zero attached hydrogens (tertiary/aromatic N) is 2. The van der Waals surface area contributed by atoms with Gasteiger partial charge in [0.05, 0.1) is 0 Å². The van der Waals surface area contributed by atoms with Crippen molar-refractivity contribution >= 4 is 27.5 Å². The number of hydrogen-bond acceptors (Lipinski definition) is 4. The highest BCUT2D eigenvalue weighted by atomic mass is 79.9. The summed E-state index contributed by atoms with van der Waals surface area (Å²) in [6.07, 6.45) is 1.47. The van der Waals surface area contributed by atoms with Crippen LogP contribution in [0.2, 0.25) is 0 Å². The second-order valence-electron chi connectivity index (χ2n) is 4.36. The van der Waals surface area contributed by atoms with E-state index in [2.05, 4.69) is 26.6 Å². The van der Waals surface area contributed by atoms with Crippen LogP contribution in [0.1, 0.15) is 0 Å². The standard InChI is InChI=1S/C14H15BrN4O/c15-12-1-3-13(4-2-12)18-10-11(9-16)14(20)19-7-5-17-6-8-19/h1-4,10,17-18H,5-8H2/b11-10-. The molecule has 0 aromatic heterocycles. The number of nitrogens with one attached hydrogen (secondary N) is 2. The average molecular weight is 335 g/mol. The van der Waals surface area contributed by atoms with Crippen molar-refractivity contribution in [1.82, 2.24) is 10.2 Å². The average Bonchev–Trinajstić information content (AvgIpc) is 2.50. The van der Waals surface area contributed by atoms with Crippen molar-refractivity contribution in [1.29, 1.82) is 5.26 Å². The Kier molecular flexibility index (Phi) is 5.16. The van der Waals surface area contributed by atoms with E-state index in [1.807, 2.05) is 30.3 Å². The Hall–Kier alpha value is -1.84. The lowest BCUT2D eigenvalue weighted by Gasteiger charge is -2.27. The van der Waals surface area contributed by atoms with Crippen LogP contribution in [0.15, 0.2) is 40.5 Å². The number of anilines is 1. The molecule has 1 fully saturated rings. The second kappa shape index (κ2) is 7.08. The molecule has 2 rings (SSSR count). The van der Waals surface area contributed by atoms with Crippen molar-refractivity contribution in [3.8, 4) is 6.07 Å². The maximum Gasteiger partial charge on any atom is 0.266 e. The summed E-state index contributed by atoms with van der Waals surface area (Å²) in [6.45, 7) is 2.81. The van der Waals surface area contributed by atoms with E-state index in [1.54, 1.807) is 4.90 Å². The lowest BCUT2D eigenvalue weighted by molar-refractivity contribution is -0.127. The quantitative estimate of drug-likeness (QED) is 0.652. The van der Waals surface area contributed by atoms with Gasteiger partial charge < -0.3 is 15.5 Å². The fourth-order valence-corrected chi connectivity index (χ4v) is 2.15. The number of nitriles is 1. The summed E-state index contributed by atoms with van der Waals surface area (Å²) in [5.74, 6) is -0.224. The minimum Gasteiger partial charge on any atom is -0.360 e. The van der Waals surface area contributed by atoms with E-state index in [1.165, 1.54) is 6.20 Å². The maximum absolute atomic E-state index is 12.2. The Morgan fingerprint density at radius 1 is 1.35 bits per heavy atom. The lowest BCUT2D eigenvalue weighted by Crippen LogP contribution is -2.46. The number of carbonyl (C=O) groups excluding carboxylic acids is 1. The Bertz CT molecular complexity index is 541. The van der Waals surface area contributed by atoms with Gasteiger partial charge in [0.25, 0.3) is 5.91 Å². The highest BCUT2D eigenvalue weighted by Crippen LogP contribution is 2.14. The topological polar surface area (TPSA) is 68.2 Å². The summed E-state index contributed by atoms with van der Waals surface area (Å²) in [7, 11) is 0. The highest BCUT2D eigenvalue weighted by Gasteiger charge is 2.19. The van der Waals surface area contributed by atoms with Crippen molar-refractivity contribution in [3.63, 3.8) is 0 Å². The molecule has 0 saturated carbocycles. The van der Waals surface area contributed by atoms with Crippen molar-refractivity contribution < 1.29 is 4.79 Å². The summed E-state index contributed by atoms with van der Waals surface area (Å²) in [4.78, 5) is 13.9. The molecule has 1 heterocycles. The van der Waals surface area contributed by atoms with Crippen molar-refractivity contribution in [2.24, 2.45) is 0 Å². The van der Waals surface area contributed by atoms with Gasteiger partial charge in [0.15, 0.2) is 0 Å². The third-order valence-corrected chi connectivity index (χ3v) is 3.51. The molecule has 6 heteroatoms. The molecule has 0 bridgehead atoms. The van der Waals surface area contributed by atoms with Gasteiger partial charge in [0.2, 0.25) is 0 Å². The molecule has 1 saturated heterocycles. The van der Waals surface area contributed by atoms with Crippen LogP contribution in [0.25, 0.3) is 0 Å². The zero-order chi connectivity index (χ0) is 14.4. The number of halogens is 1. The number of benzene rings is 1. The number of rotatable bonds is 3. The third kappa shape index (κ3) is 3.83. The summed E-state index contributed by atoms with van der Waals surface area (Å²) in [6, 6.07) is 9.47. The number of hydrogen-bond donors (Lipinski definition) is 2. The summed E-state index contributed by atoms with van der Waals surface area (Å²) >= 11 is 3.35. The molecular weight excluding hydrogens is 320 g/mol. The molecule has 1 aliphatic heterocycles. The van der Waals surface area contributed by atoms with E-state index in [4.69, 9.17) is 5.26 Å². The zero-order valence-corrected chi connectivity index (χ0v) is 12.5. The van der Waals surface area contributed by atoms with E-state index >= 15 is 0 Å². The minimum absolute atomic E-state index is 0.120. The largest absolute Gasteiger partial charge is 0.360 e. The number of amides is 1. The van der Waals surface area contributed by atoms with Crippen LogP contribution in [0.4, 0.5) is 5.69 Å². The smallest absolute Gasteiger partial charge is 0.266 e. The van der Waals surface area contributed by atoms with Crippen LogP contribution in [0.5, 0.6) is 0 Å². The molecule has 0 aliphatic carbocycles. The molecule has 1 amide bonds. The van der Waals surface area contributed by atoms with E-state index in [9.17, 15) is 4.79 Å². The van der Waals surface area contributed by atoms with Crippen LogP contribution < -0.4 is 10.6 Å². The second-order valence-corrected chi connectivity index (χ2v) is 5.28. The summed E-state index contributed by atoms with van der Waals surface area (Å²) < 4.78 is 0.976. The zero-order valence-electron chi connectivity index (χ0n) is 10.9. The summed E-state index contributed by atoms with van der Waals surface area (Å²) in [5.41, 5.74) is 0.948. The molecule has 0 radical (unpaired) electrons. The van der Waals surface area contributed by atoms with Gasteiger partial charge in [-0.2, -0.15) is 5.26 Å². The highest BCUT2D eigenvalue weighted by molar-refractivity contribution is 9.10. The van der Waals surface area contributed by atoms with E-state index in [-0.39, 0.29) is 11.5 Å². The molecule has 0 atom stereocenters. The first-order valence-corrected chi connectivity index (χ1v) is 7.12. The van der Waals surface area contributed by atoms with Crippen molar-refractivity contribution in [3.05, 3.63) is 40.5 Å². The molecule has 2 N–H and O–H groups in total. The predicted molar refractivity (Wildman–Crippen MR) is 80.9 cm³/mol. The number of carbonyl (C=O) groups is 1. The van der Waals surface area contributed by atoms with Crippen LogP contribution >= 0.6 is 15.9 Å². The van der Waals surface area contributed by atoms with Crippen LogP contribution in [-0.2, 0) is 4.79 Å². The van der Waals surface area contributed by atoms with Gasteiger partial charge in [-0.25, -0.2) is 0 Å². The third-order valence-electron chi connectivity index (χ3n) is 2.98. The van der Waals surface area contributed by atoms with Gasteiger partial charge in [-0.15, -0.1) is 0 Å². The Balaban J connectivity index is 2.03. The van der Waals surface area contributed by atoms with Gasteiger partial charge in [-0.1, -0.05) is 15.9 Å². The molecule has 20 heavy (non-hydrogen) atoms. The van der Waals surface area contributed by atoms with Crippen LogP contribution in [0.3, 0.4) is 0 Å². The fourth-order valence-electron chi connectivity index (χ4n) is 1.88. The molecule has 0 unspecified atom stereocenters. The first-order valence-electron chi connectivity index (χ1n) is 6.33. The van der Waals surface area contributed by atoms with E-state index < -0.39 is 0 Å². The van der Waals surface area contributed by atoms with Gasteiger partial charge >= 0.3 is 0 Å². The first-order chi connectivity index (χ1) is 9.70. The van der Waals surface area contributed by atoms with Crippen molar-refractivity contribution in [2.75, 3.05) is 31.5 Å². The molecule has 1 aliphatic rings. The van der Waals surface area contributed by atoms with E-state index in [0.717, 1.165) is 23.2 Å². The first kappa shape index (κ1) is 14.6. The molecule has 104 valence electrons. The molecule has 0 spiro atoms. The van der Waals surface area contributed by atoms with Gasteiger partial charge in [0, 0.05) is 42.5 Å². The SMILES string of the molecule is N#C/C(=C/Nc1ccc(Br)cc1)C(=O)N1CCNCC1. The molecular formula is C14H15BrN4O. The summed E-state index contributed by atoms with van der Waals surface area (Å²) in [5, 5.41) is 15.3.